The minimum atomic E-state index is -4.33. The molecule has 2 rings (SSSR count). The SMILES string of the molecule is CN=C(NCCc1cccc(C(=O)NC)c1)NCc1cccc(COCC(F)(F)F)c1. The summed E-state index contributed by atoms with van der Waals surface area (Å²) in [7, 11) is 3.25. The van der Waals surface area contributed by atoms with Gasteiger partial charge in [-0.1, -0.05) is 36.4 Å². The molecule has 1 amide bonds. The summed E-state index contributed by atoms with van der Waals surface area (Å²) in [6.07, 6.45) is -3.63. The van der Waals surface area contributed by atoms with Gasteiger partial charge in [0.2, 0.25) is 0 Å². The number of ether oxygens (including phenoxy) is 1. The van der Waals surface area contributed by atoms with Crippen molar-refractivity contribution in [1.82, 2.24) is 16.0 Å². The summed E-state index contributed by atoms with van der Waals surface area (Å²) >= 11 is 0. The summed E-state index contributed by atoms with van der Waals surface area (Å²) < 4.78 is 41.3. The van der Waals surface area contributed by atoms with E-state index in [0.29, 0.717) is 36.6 Å². The van der Waals surface area contributed by atoms with E-state index in [4.69, 9.17) is 4.74 Å². The van der Waals surface area contributed by atoms with Crippen LogP contribution in [-0.2, 0) is 24.3 Å². The van der Waals surface area contributed by atoms with Crippen LogP contribution in [0.1, 0.15) is 27.0 Å². The van der Waals surface area contributed by atoms with Crippen LogP contribution in [0.5, 0.6) is 0 Å². The van der Waals surface area contributed by atoms with Gasteiger partial charge >= 0.3 is 6.18 Å². The zero-order valence-electron chi connectivity index (χ0n) is 17.6. The lowest BCUT2D eigenvalue weighted by atomic mass is 10.1. The standard InChI is InChI=1S/C22H27F3N4O2/c1-26-20(30)19-8-4-5-16(12-19)9-10-28-21(27-2)29-13-17-6-3-7-18(11-17)14-31-15-22(23,24)25/h3-8,11-12H,9-10,13-15H2,1-2H3,(H,26,30)(H2,27,28,29). The van der Waals surface area contributed by atoms with Crippen molar-refractivity contribution < 1.29 is 22.7 Å². The zero-order chi connectivity index (χ0) is 22.7. The van der Waals surface area contributed by atoms with Gasteiger partial charge in [-0.05, 0) is 35.2 Å². The molecule has 3 N–H and O–H groups in total. The van der Waals surface area contributed by atoms with Gasteiger partial charge < -0.3 is 20.7 Å². The molecule has 0 aliphatic heterocycles. The molecule has 0 radical (unpaired) electrons. The predicted molar refractivity (Wildman–Crippen MR) is 114 cm³/mol. The predicted octanol–water partition coefficient (Wildman–Crippen LogP) is 3.03. The first kappa shape index (κ1) is 24.2. The molecule has 0 fully saturated rings. The second-order valence-electron chi connectivity index (χ2n) is 6.81. The van der Waals surface area contributed by atoms with E-state index in [2.05, 4.69) is 20.9 Å². The Kier molecular flexibility index (Phi) is 9.33. The maximum Gasteiger partial charge on any atom is 0.411 e. The van der Waals surface area contributed by atoms with Crippen LogP contribution in [0.25, 0.3) is 0 Å². The normalized spacial score (nSPS) is 11.8. The second kappa shape index (κ2) is 11.9. The number of hydrogen-bond acceptors (Lipinski definition) is 3. The molecular formula is C22H27F3N4O2. The van der Waals surface area contributed by atoms with Crippen LogP contribution < -0.4 is 16.0 Å². The van der Waals surface area contributed by atoms with E-state index in [1.165, 1.54) is 0 Å². The highest BCUT2D eigenvalue weighted by atomic mass is 19.4. The molecule has 0 bridgehead atoms. The monoisotopic (exact) mass is 436 g/mol. The van der Waals surface area contributed by atoms with E-state index >= 15 is 0 Å². The molecule has 9 heteroatoms. The summed E-state index contributed by atoms with van der Waals surface area (Å²) in [6.45, 7) is -0.297. The zero-order valence-corrected chi connectivity index (χ0v) is 17.6. The summed E-state index contributed by atoms with van der Waals surface area (Å²) in [5, 5.41) is 8.98. The third-order valence-electron chi connectivity index (χ3n) is 4.33. The van der Waals surface area contributed by atoms with Crippen LogP contribution >= 0.6 is 0 Å². The second-order valence-corrected chi connectivity index (χ2v) is 6.81. The quantitative estimate of drug-likeness (QED) is 0.417. The number of hydrogen-bond donors (Lipinski definition) is 3. The topological polar surface area (TPSA) is 74.8 Å². The Balaban J connectivity index is 1.80. The van der Waals surface area contributed by atoms with Crippen molar-refractivity contribution >= 4 is 11.9 Å². The van der Waals surface area contributed by atoms with Crippen LogP contribution in [0.4, 0.5) is 13.2 Å². The molecule has 168 valence electrons. The Hall–Kier alpha value is -3.07. The van der Waals surface area contributed by atoms with Crippen molar-refractivity contribution in [3.05, 3.63) is 70.8 Å². The van der Waals surface area contributed by atoms with Crippen molar-refractivity contribution in [2.24, 2.45) is 4.99 Å². The summed E-state index contributed by atoms with van der Waals surface area (Å²) in [6, 6.07) is 14.6. The number of alkyl halides is 3. The highest BCUT2D eigenvalue weighted by Gasteiger charge is 2.27. The molecule has 0 atom stereocenters. The molecule has 0 aliphatic rings. The van der Waals surface area contributed by atoms with Crippen LogP contribution in [0, 0.1) is 0 Å². The van der Waals surface area contributed by atoms with E-state index in [1.807, 2.05) is 24.3 Å². The van der Waals surface area contributed by atoms with Crippen LogP contribution in [0.15, 0.2) is 53.5 Å². The number of benzene rings is 2. The number of nitrogens with zero attached hydrogens (tertiary/aromatic N) is 1. The van der Waals surface area contributed by atoms with Crippen molar-refractivity contribution in [3.63, 3.8) is 0 Å². The van der Waals surface area contributed by atoms with Crippen LogP contribution in [-0.4, -0.2) is 45.3 Å². The number of carbonyl (C=O) groups excluding carboxylic acids is 1. The van der Waals surface area contributed by atoms with E-state index in [-0.39, 0.29) is 12.5 Å². The first-order chi connectivity index (χ1) is 14.8. The number of nitrogens with one attached hydrogen (secondary N) is 3. The lowest BCUT2D eigenvalue weighted by Gasteiger charge is -2.13. The van der Waals surface area contributed by atoms with E-state index in [9.17, 15) is 18.0 Å². The number of guanidine groups is 1. The maximum absolute atomic E-state index is 12.2. The van der Waals surface area contributed by atoms with E-state index in [0.717, 1.165) is 11.1 Å². The van der Waals surface area contributed by atoms with Gasteiger partial charge in [0.05, 0.1) is 6.61 Å². The smallest absolute Gasteiger partial charge is 0.367 e. The Morgan fingerprint density at radius 1 is 1.03 bits per heavy atom. The third-order valence-corrected chi connectivity index (χ3v) is 4.33. The van der Waals surface area contributed by atoms with Crippen LogP contribution in [0.3, 0.4) is 0 Å². The van der Waals surface area contributed by atoms with Crippen molar-refractivity contribution in [2.45, 2.75) is 25.7 Å². The Morgan fingerprint density at radius 3 is 2.45 bits per heavy atom. The van der Waals surface area contributed by atoms with Gasteiger partial charge in [-0.2, -0.15) is 13.2 Å². The molecule has 0 aromatic heterocycles. The van der Waals surface area contributed by atoms with Gasteiger partial charge in [0.25, 0.3) is 5.91 Å². The Bertz CT molecular complexity index is 885. The maximum atomic E-state index is 12.2. The Labute approximate surface area is 179 Å². The molecular weight excluding hydrogens is 409 g/mol. The van der Waals surface area contributed by atoms with Crippen molar-refractivity contribution in [2.75, 3.05) is 27.2 Å². The fourth-order valence-electron chi connectivity index (χ4n) is 2.86. The number of aliphatic imine (C=N–C) groups is 1. The molecule has 0 saturated heterocycles. The molecule has 2 aromatic carbocycles. The molecule has 0 saturated carbocycles. The minimum Gasteiger partial charge on any atom is -0.367 e. The number of amides is 1. The van der Waals surface area contributed by atoms with Gasteiger partial charge in [0.1, 0.15) is 6.61 Å². The fraction of sp³-hybridized carbons (Fsp3) is 0.364. The fourth-order valence-corrected chi connectivity index (χ4v) is 2.86. The molecule has 0 aliphatic carbocycles. The highest BCUT2D eigenvalue weighted by molar-refractivity contribution is 5.94. The average molecular weight is 436 g/mol. The lowest BCUT2D eigenvalue weighted by molar-refractivity contribution is -0.176. The van der Waals surface area contributed by atoms with Gasteiger partial charge in [0, 0.05) is 32.7 Å². The number of halogens is 3. The van der Waals surface area contributed by atoms with Gasteiger partial charge in [-0.15, -0.1) is 0 Å². The first-order valence-electron chi connectivity index (χ1n) is 9.78. The summed E-state index contributed by atoms with van der Waals surface area (Å²) in [5.41, 5.74) is 3.20. The Morgan fingerprint density at radius 2 is 1.74 bits per heavy atom. The largest absolute Gasteiger partial charge is 0.411 e. The summed E-state index contributed by atoms with van der Waals surface area (Å²) in [5.74, 6) is 0.472. The van der Waals surface area contributed by atoms with Gasteiger partial charge in [-0.3, -0.25) is 9.79 Å². The van der Waals surface area contributed by atoms with E-state index in [1.54, 1.807) is 38.4 Å². The summed E-state index contributed by atoms with van der Waals surface area (Å²) in [4.78, 5) is 15.9. The molecule has 0 unspecified atom stereocenters. The first-order valence-corrected chi connectivity index (χ1v) is 9.78. The average Bonchev–Trinajstić information content (AvgIpc) is 2.75. The minimum absolute atomic E-state index is 0.102. The number of carbonyl (C=O) groups is 1. The molecule has 0 spiro atoms. The number of rotatable bonds is 9. The van der Waals surface area contributed by atoms with E-state index < -0.39 is 12.8 Å². The highest BCUT2D eigenvalue weighted by Crippen LogP contribution is 2.16. The lowest BCUT2D eigenvalue weighted by Crippen LogP contribution is -2.37. The molecule has 0 heterocycles. The van der Waals surface area contributed by atoms with Crippen LogP contribution in [0.2, 0.25) is 0 Å². The van der Waals surface area contributed by atoms with Crippen molar-refractivity contribution in [3.8, 4) is 0 Å². The van der Waals surface area contributed by atoms with Gasteiger partial charge in [-0.25, -0.2) is 0 Å². The molecule has 2 aromatic rings. The molecule has 31 heavy (non-hydrogen) atoms. The van der Waals surface area contributed by atoms with Crippen molar-refractivity contribution in [1.29, 1.82) is 0 Å². The molecule has 6 nitrogen and oxygen atoms in total. The van der Waals surface area contributed by atoms with Gasteiger partial charge in [0.15, 0.2) is 5.96 Å². The third kappa shape index (κ3) is 9.08.